The second kappa shape index (κ2) is 9.65. The molecule has 0 saturated carbocycles. The zero-order chi connectivity index (χ0) is 20.6. The summed E-state index contributed by atoms with van der Waals surface area (Å²) in [6.07, 6.45) is 0. The highest BCUT2D eigenvalue weighted by Crippen LogP contribution is 2.32. The van der Waals surface area contributed by atoms with E-state index in [1.165, 1.54) is 6.07 Å². The smallest absolute Gasteiger partial charge is 0.344 e. The van der Waals surface area contributed by atoms with E-state index in [0.29, 0.717) is 41.2 Å². The van der Waals surface area contributed by atoms with Crippen LogP contribution in [0.1, 0.15) is 0 Å². The summed E-state index contributed by atoms with van der Waals surface area (Å²) in [5.41, 5.74) is 0.409. The van der Waals surface area contributed by atoms with Gasteiger partial charge in [0.2, 0.25) is 0 Å². The van der Waals surface area contributed by atoms with Crippen molar-refractivity contribution < 1.29 is 33.3 Å². The highest BCUT2D eigenvalue weighted by Gasteiger charge is 2.15. The largest absolute Gasteiger partial charge is 0.486 e. The Kier molecular flexibility index (Phi) is 6.75. The van der Waals surface area contributed by atoms with Gasteiger partial charge >= 0.3 is 12.0 Å². The Hall–Kier alpha value is -3.46. The van der Waals surface area contributed by atoms with Crippen LogP contribution in [0.25, 0.3) is 0 Å². The zero-order valence-electron chi connectivity index (χ0n) is 15.1. The van der Waals surface area contributed by atoms with Crippen molar-refractivity contribution in [3.63, 3.8) is 0 Å². The van der Waals surface area contributed by atoms with Crippen LogP contribution in [0.15, 0.2) is 42.5 Å². The normalized spacial score (nSPS) is 11.9. The summed E-state index contributed by atoms with van der Waals surface area (Å²) in [7, 11) is 0. The lowest BCUT2D eigenvalue weighted by Gasteiger charge is -2.19. The molecule has 2 aromatic carbocycles. The minimum absolute atomic E-state index is 0.387. The summed E-state index contributed by atoms with van der Waals surface area (Å²) < 4.78 is 20.7. The van der Waals surface area contributed by atoms with Crippen molar-refractivity contribution in [2.24, 2.45) is 0 Å². The maximum Gasteiger partial charge on any atom is 0.344 e. The number of halogens is 1. The molecule has 0 atom stereocenters. The van der Waals surface area contributed by atoms with E-state index in [1.54, 1.807) is 36.4 Å². The third-order valence-corrected chi connectivity index (χ3v) is 3.81. The lowest BCUT2D eigenvalue weighted by atomic mass is 10.2. The van der Waals surface area contributed by atoms with Crippen LogP contribution in [0, 0.1) is 0 Å². The molecule has 0 fully saturated rings. The van der Waals surface area contributed by atoms with E-state index in [-0.39, 0.29) is 0 Å². The van der Waals surface area contributed by atoms with Crippen LogP contribution in [0.5, 0.6) is 17.2 Å². The molecule has 2 N–H and O–H groups in total. The van der Waals surface area contributed by atoms with E-state index >= 15 is 0 Å². The molecule has 0 spiro atoms. The number of nitrogens with one attached hydrogen (secondary N) is 2. The number of benzene rings is 2. The van der Waals surface area contributed by atoms with E-state index in [1.807, 2.05) is 5.32 Å². The Balaban J connectivity index is 1.38. The Labute approximate surface area is 170 Å². The minimum Gasteiger partial charge on any atom is -0.486 e. The van der Waals surface area contributed by atoms with E-state index in [9.17, 15) is 14.4 Å². The molecule has 0 unspecified atom stereocenters. The maximum absolute atomic E-state index is 11.9. The number of anilines is 1. The van der Waals surface area contributed by atoms with E-state index in [0.717, 1.165) is 0 Å². The number of urea groups is 1. The van der Waals surface area contributed by atoms with Gasteiger partial charge in [-0.25, -0.2) is 9.59 Å². The second-order valence-corrected chi connectivity index (χ2v) is 6.20. The van der Waals surface area contributed by atoms with Crippen molar-refractivity contribution >= 4 is 35.2 Å². The number of hydrogen-bond acceptors (Lipinski definition) is 7. The van der Waals surface area contributed by atoms with Gasteiger partial charge < -0.3 is 24.3 Å². The molecule has 3 amide bonds. The van der Waals surface area contributed by atoms with E-state index in [4.69, 9.17) is 30.5 Å². The molecule has 1 aliphatic heterocycles. The monoisotopic (exact) mass is 420 g/mol. The molecule has 152 valence electrons. The lowest BCUT2D eigenvalue weighted by molar-refractivity contribution is -0.150. The van der Waals surface area contributed by atoms with Gasteiger partial charge in [0.1, 0.15) is 19.0 Å². The molecule has 0 aliphatic carbocycles. The number of rotatable bonds is 6. The quantitative estimate of drug-likeness (QED) is 0.690. The molecular weight excluding hydrogens is 404 g/mol. The van der Waals surface area contributed by atoms with Crippen LogP contribution in [0.4, 0.5) is 10.5 Å². The van der Waals surface area contributed by atoms with Gasteiger partial charge in [-0.15, -0.1) is 0 Å². The summed E-state index contributed by atoms with van der Waals surface area (Å²) in [6, 6.07) is 10.5. The molecular formula is C19H17ClN2O7. The average Bonchev–Trinajstić information content (AvgIpc) is 2.70. The molecule has 0 bridgehead atoms. The van der Waals surface area contributed by atoms with E-state index in [2.05, 4.69) is 5.32 Å². The van der Waals surface area contributed by atoms with Crippen LogP contribution in [0.2, 0.25) is 5.02 Å². The number of ether oxygens (including phenoxy) is 4. The molecule has 1 aliphatic rings. The Morgan fingerprint density at radius 3 is 2.59 bits per heavy atom. The summed E-state index contributed by atoms with van der Waals surface area (Å²) in [4.78, 5) is 35.3. The highest BCUT2D eigenvalue weighted by atomic mass is 35.5. The van der Waals surface area contributed by atoms with Gasteiger partial charge in [0.15, 0.2) is 24.7 Å². The van der Waals surface area contributed by atoms with Gasteiger partial charge in [0.25, 0.3) is 5.91 Å². The summed E-state index contributed by atoms with van der Waals surface area (Å²) in [5.74, 6) is -0.111. The van der Waals surface area contributed by atoms with Crippen molar-refractivity contribution in [3.8, 4) is 17.2 Å². The standard InChI is InChI=1S/C19H17ClN2O7/c20-12-2-1-3-14(8-12)28-11-18(24)29-10-17(23)22-19(25)21-13-4-5-15-16(9-13)27-7-6-26-15/h1-5,8-9H,6-7,10-11H2,(H2,21,22,23,25). The first-order valence-electron chi connectivity index (χ1n) is 8.54. The maximum atomic E-state index is 11.9. The van der Waals surface area contributed by atoms with Crippen molar-refractivity contribution in [1.82, 2.24) is 5.32 Å². The number of fused-ring (bicyclic) bond motifs is 1. The van der Waals surface area contributed by atoms with Crippen molar-refractivity contribution in [1.29, 1.82) is 0 Å². The molecule has 10 heteroatoms. The highest BCUT2D eigenvalue weighted by molar-refractivity contribution is 6.30. The van der Waals surface area contributed by atoms with Gasteiger partial charge in [0.05, 0.1) is 0 Å². The van der Waals surface area contributed by atoms with Gasteiger partial charge in [-0.2, -0.15) is 0 Å². The minimum atomic E-state index is -0.795. The summed E-state index contributed by atoms with van der Waals surface area (Å²) in [5, 5.41) is 4.98. The number of carbonyl (C=O) groups is 3. The summed E-state index contributed by atoms with van der Waals surface area (Å²) in [6.45, 7) is -0.172. The van der Waals surface area contributed by atoms with E-state index < -0.39 is 31.1 Å². The first-order chi connectivity index (χ1) is 14.0. The number of esters is 1. The van der Waals surface area contributed by atoms with Crippen molar-refractivity contribution in [3.05, 3.63) is 47.5 Å². The van der Waals surface area contributed by atoms with Gasteiger partial charge in [-0.1, -0.05) is 17.7 Å². The van der Waals surface area contributed by atoms with Crippen LogP contribution in [-0.4, -0.2) is 44.3 Å². The third kappa shape index (κ3) is 6.28. The third-order valence-electron chi connectivity index (χ3n) is 3.57. The molecule has 0 aromatic heterocycles. The number of imide groups is 1. The fourth-order valence-electron chi connectivity index (χ4n) is 2.33. The molecule has 2 aromatic rings. The zero-order valence-corrected chi connectivity index (χ0v) is 15.9. The fraction of sp³-hybridized carbons (Fsp3) is 0.211. The van der Waals surface area contributed by atoms with Crippen LogP contribution in [-0.2, 0) is 14.3 Å². The number of carbonyl (C=O) groups excluding carboxylic acids is 3. The van der Waals surface area contributed by atoms with Gasteiger partial charge in [-0.05, 0) is 30.3 Å². The predicted octanol–water partition coefficient (Wildman–Crippen LogP) is 2.38. The Bertz CT molecular complexity index is 919. The van der Waals surface area contributed by atoms with Crippen LogP contribution >= 0.6 is 11.6 Å². The first-order valence-corrected chi connectivity index (χ1v) is 8.92. The SMILES string of the molecule is O=C(COC(=O)COc1cccc(Cl)c1)NC(=O)Nc1ccc2c(c1)OCCO2. The lowest BCUT2D eigenvalue weighted by Crippen LogP contribution is -2.37. The van der Waals surface area contributed by atoms with Crippen molar-refractivity contribution in [2.45, 2.75) is 0 Å². The average molecular weight is 421 g/mol. The van der Waals surface area contributed by atoms with Crippen molar-refractivity contribution in [2.75, 3.05) is 31.7 Å². The van der Waals surface area contributed by atoms with Crippen LogP contribution in [0.3, 0.4) is 0 Å². The van der Waals surface area contributed by atoms with Crippen LogP contribution < -0.4 is 24.8 Å². The molecule has 3 rings (SSSR count). The molecule has 0 saturated heterocycles. The molecule has 9 nitrogen and oxygen atoms in total. The predicted molar refractivity (Wildman–Crippen MR) is 102 cm³/mol. The Morgan fingerprint density at radius 1 is 1.00 bits per heavy atom. The van der Waals surface area contributed by atoms with Gasteiger partial charge in [0, 0.05) is 16.8 Å². The summed E-state index contributed by atoms with van der Waals surface area (Å²) >= 11 is 5.80. The number of hydrogen-bond donors (Lipinski definition) is 2. The number of amides is 3. The first kappa shape index (κ1) is 20.3. The van der Waals surface area contributed by atoms with Gasteiger partial charge in [-0.3, -0.25) is 10.1 Å². The molecule has 1 heterocycles. The molecule has 29 heavy (non-hydrogen) atoms. The second-order valence-electron chi connectivity index (χ2n) is 5.77. The topological polar surface area (TPSA) is 112 Å². The fourth-order valence-corrected chi connectivity index (χ4v) is 2.51. The Morgan fingerprint density at radius 2 is 1.79 bits per heavy atom. The molecule has 0 radical (unpaired) electrons.